The van der Waals surface area contributed by atoms with Gasteiger partial charge in [-0.25, -0.2) is 0 Å². The summed E-state index contributed by atoms with van der Waals surface area (Å²) in [7, 11) is 0. The second-order valence-corrected chi connectivity index (χ2v) is 2.73. The van der Waals surface area contributed by atoms with Gasteiger partial charge >= 0.3 is 37.7 Å². The number of carbonyl (C=O) groups is 2. The van der Waals surface area contributed by atoms with Crippen molar-refractivity contribution in [3.05, 3.63) is 23.7 Å². The number of hydrogen-bond donors (Lipinski definition) is 0. The van der Waals surface area contributed by atoms with Crippen molar-refractivity contribution in [2.24, 2.45) is 0 Å². The number of carbonyl (C=O) groups excluding carboxylic acids is 2. The normalized spacial score (nSPS) is 10.0. The molecule has 0 atom stereocenters. The largest absolute Gasteiger partial charge is 2.00 e. The van der Waals surface area contributed by atoms with Crippen molar-refractivity contribution in [3.63, 3.8) is 0 Å². The Morgan fingerprint density at radius 3 is 1.00 bits per heavy atom. The Hall–Kier alpha value is -0.360. The Bertz CT molecular complexity index is 232. The monoisotopic (exact) mass is 256 g/mol. The van der Waals surface area contributed by atoms with Crippen LogP contribution in [0.5, 0.6) is 0 Å². The molecule has 0 aromatic heterocycles. The van der Waals surface area contributed by atoms with Gasteiger partial charge in [0.2, 0.25) is 0 Å². The van der Waals surface area contributed by atoms with Gasteiger partial charge in [0.1, 0.15) is 0 Å². The summed E-state index contributed by atoms with van der Waals surface area (Å²) in [5.74, 6) is -0.750. The van der Waals surface area contributed by atoms with Gasteiger partial charge in [-0.2, -0.15) is 0 Å². The molecular weight excluding hydrogens is 240 g/mol. The van der Waals surface area contributed by atoms with Crippen molar-refractivity contribution in [2.75, 3.05) is 0 Å². The van der Waals surface area contributed by atoms with E-state index in [0.29, 0.717) is 0 Å². The molecule has 5 nitrogen and oxygen atoms in total. The predicted octanol–water partition coefficient (Wildman–Crippen LogP) is -1.53. The van der Waals surface area contributed by atoms with Crippen LogP contribution in [0.15, 0.2) is 23.7 Å². The van der Waals surface area contributed by atoms with Crippen LogP contribution in [0.4, 0.5) is 0 Å². The second kappa shape index (κ2) is 14.6. The van der Waals surface area contributed by atoms with Crippen LogP contribution in [0.3, 0.4) is 0 Å². The van der Waals surface area contributed by atoms with E-state index in [-0.39, 0.29) is 66.3 Å². The average Bonchev–Trinajstić information content (AvgIpc) is 1.79. The van der Waals surface area contributed by atoms with Crippen molar-refractivity contribution < 1.29 is 25.3 Å². The smallest absolute Gasteiger partial charge is 0.876 e. The fourth-order valence-corrected chi connectivity index (χ4v) is 0.572. The van der Waals surface area contributed by atoms with E-state index >= 15 is 0 Å². The molecule has 6 heteroatoms. The third-order valence-corrected chi connectivity index (χ3v) is 0.813. The van der Waals surface area contributed by atoms with Crippen LogP contribution < -0.4 is 10.2 Å². The van der Waals surface area contributed by atoms with Gasteiger partial charge in [0, 0.05) is 0 Å². The molecule has 2 N–H and O–H groups in total. The average molecular weight is 256 g/mol. The van der Waals surface area contributed by atoms with Crippen LogP contribution in [0, 0.1) is 0 Å². The van der Waals surface area contributed by atoms with E-state index in [1.54, 1.807) is 0 Å². The zero-order valence-electron chi connectivity index (χ0n) is 9.99. The van der Waals surface area contributed by atoms with Gasteiger partial charge in [-0.15, -0.1) is 11.5 Å². The Morgan fingerprint density at radius 2 is 1.00 bits per heavy atom. The topological polar surface area (TPSA) is 112 Å². The minimum atomic E-state index is -0.187. The van der Waals surface area contributed by atoms with E-state index in [1.807, 2.05) is 0 Å². The van der Waals surface area contributed by atoms with Gasteiger partial charge in [-0.1, -0.05) is 13.8 Å². The molecule has 0 bridgehead atoms. The minimum Gasteiger partial charge on any atom is -0.876 e. The summed E-state index contributed by atoms with van der Waals surface area (Å²) < 4.78 is 0. The van der Waals surface area contributed by atoms with Crippen molar-refractivity contribution in [3.8, 4) is 0 Å². The Labute approximate surface area is 125 Å². The van der Waals surface area contributed by atoms with Crippen LogP contribution >= 0.6 is 0 Å². The van der Waals surface area contributed by atoms with Crippen molar-refractivity contribution in [2.45, 2.75) is 27.7 Å². The zero-order chi connectivity index (χ0) is 11.7. The molecule has 0 unspecified atom stereocenters. The third kappa shape index (κ3) is 37.3. The summed E-state index contributed by atoms with van der Waals surface area (Å²) in [6, 6.07) is 0. The predicted molar refractivity (Wildman–Crippen MR) is 58.2 cm³/mol. The summed E-state index contributed by atoms with van der Waals surface area (Å²) >= 11 is 0. The van der Waals surface area contributed by atoms with E-state index in [9.17, 15) is 19.8 Å². The molecule has 0 radical (unpaired) electrons. The van der Waals surface area contributed by atoms with Crippen molar-refractivity contribution in [1.82, 2.24) is 0 Å². The van der Waals surface area contributed by atoms with Gasteiger partial charge in [-0.3, -0.25) is 9.59 Å². The Kier molecular flexibility index (Phi) is 22.6. The summed E-state index contributed by atoms with van der Waals surface area (Å²) in [4.78, 5) is 20.0. The molecule has 0 saturated heterocycles. The van der Waals surface area contributed by atoms with Gasteiger partial charge in [-0.05, 0) is 26.0 Å². The first-order valence-electron chi connectivity index (χ1n) is 3.97. The van der Waals surface area contributed by atoms with Gasteiger partial charge in [0.25, 0.3) is 0 Å². The maximum atomic E-state index is 9.98. The number of hydrogen-bond acceptors (Lipinski definition) is 4. The molecule has 16 heavy (non-hydrogen) atoms. The first-order chi connectivity index (χ1) is 6.25. The van der Waals surface area contributed by atoms with Crippen LogP contribution in [-0.4, -0.2) is 54.8 Å². The molecule has 0 fully saturated rings. The Morgan fingerprint density at radius 1 is 0.812 bits per heavy atom. The second-order valence-electron chi connectivity index (χ2n) is 2.73. The van der Waals surface area contributed by atoms with Crippen LogP contribution in [0.25, 0.3) is 0 Å². The molecule has 0 aromatic rings. The molecular formula is C10H16CaO5. The van der Waals surface area contributed by atoms with Crippen LogP contribution in [0.2, 0.25) is 0 Å². The van der Waals surface area contributed by atoms with E-state index in [4.69, 9.17) is 0 Å². The van der Waals surface area contributed by atoms with Gasteiger partial charge in [0.05, 0.1) is 0 Å². The number of allylic oxidation sites excluding steroid dienone is 4. The van der Waals surface area contributed by atoms with E-state index < -0.39 is 0 Å². The molecule has 0 aromatic carbocycles. The first kappa shape index (κ1) is 24.7. The Balaban J connectivity index is -0.0000000800. The molecule has 0 saturated carbocycles. The number of ketones is 2. The SMILES string of the molecule is CC(=O)/C=C(\C)[O-].CC(=O)/C=C(\C)[O-].O.[Ca+2]. The standard InChI is InChI=1S/2C5H8O2.Ca.H2O/c2*1-4(6)3-5(2)7;;/h2*3,6H,1-2H3;;1H2/q;;+2;/p-2/b2*4-3+;;. The van der Waals surface area contributed by atoms with Crippen LogP contribution in [0.1, 0.15) is 27.7 Å². The summed E-state index contributed by atoms with van der Waals surface area (Å²) in [6.45, 7) is 5.39. The first-order valence-corrected chi connectivity index (χ1v) is 3.97. The molecule has 0 aliphatic rings. The summed E-state index contributed by atoms with van der Waals surface area (Å²) in [6.07, 6.45) is 2.11. The van der Waals surface area contributed by atoms with E-state index in [0.717, 1.165) is 12.2 Å². The fraction of sp³-hybridized carbons (Fsp3) is 0.400. The summed E-state index contributed by atoms with van der Waals surface area (Å²) in [5, 5.41) is 20.0. The van der Waals surface area contributed by atoms with Crippen molar-refractivity contribution in [1.29, 1.82) is 0 Å². The maximum Gasteiger partial charge on any atom is 2.00 e. The van der Waals surface area contributed by atoms with E-state index in [2.05, 4.69) is 0 Å². The summed E-state index contributed by atoms with van der Waals surface area (Å²) in [5.41, 5.74) is 0. The number of rotatable bonds is 2. The molecule has 88 valence electrons. The molecule has 0 aliphatic carbocycles. The molecule has 0 rings (SSSR count). The minimum absolute atomic E-state index is 0. The molecule has 0 aliphatic heterocycles. The molecule has 0 spiro atoms. The van der Waals surface area contributed by atoms with Gasteiger partial charge < -0.3 is 15.7 Å². The van der Waals surface area contributed by atoms with E-state index in [1.165, 1.54) is 27.7 Å². The van der Waals surface area contributed by atoms with Crippen LogP contribution in [-0.2, 0) is 9.59 Å². The zero-order valence-corrected chi connectivity index (χ0v) is 12.2. The quantitative estimate of drug-likeness (QED) is 0.339. The maximum absolute atomic E-state index is 9.98. The van der Waals surface area contributed by atoms with Gasteiger partial charge in [0.15, 0.2) is 11.6 Å². The molecule has 0 heterocycles. The molecule has 0 amide bonds. The van der Waals surface area contributed by atoms with Crippen molar-refractivity contribution >= 4 is 49.3 Å². The fourth-order valence-electron chi connectivity index (χ4n) is 0.572. The third-order valence-electron chi connectivity index (χ3n) is 0.813.